The van der Waals surface area contributed by atoms with E-state index in [0.29, 0.717) is 54.1 Å². The van der Waals surface area contributed by atoms with E-state index in [4.69, 9.17) is 16.9 Å². The van der Waals surface area contributed by atoms with Crippen molar-refractivity contribution in [3.8, 4) is 11.8 Å². The quantitative estimate of drug-likeness (QED) is 0.137. The Morgan fingerprint density at radius 1 is 1.02 bits per heavy atom. The fraction of sp³-hybridized carbons (Fsp3) is 0.265. The molecular formula is C34H32ClN11O6. The van der Waals surface area contributed by atoms with Gasteiger partial charge in [-0.15, -0.1) is 5.10 Å². The van der Waals surface area contributed by atoms with E-state index < -0.39 is 35.4 Å². The summed E-state index contributed by atoms with van der Waals surface area (Å²) in [6, 6.07) is 18.3. The summed E-state index contributed by atoms with van der Waals surface area (Å²) in [6.45, 7) is 0.917. The Morgan fingerprint density at radius 2 is 1.77 bits per heavy atom. The number of nitriles is 1. The Labute approximate surface area is 301 Å². The zero-order valence-electron chi connectivity index (χ0n) is 27.4. The number of likely N-dealkylation sites (tertiary alicyclic amines) is 1. The van der Waals surface area contributed by atoms with Crippen molar-refractivity contribution >= 4 is 58.4 Å². The van der Waals surface area contributed by atoms with Crippen molar-refractivity contribution in [2.24, 2.45) is 5.92 Å². The van der Waals surface area contributed by atoms with Crippen LogP contribution in [0.3, 0.4) is 0 Å². The second-order valence-corrected chi connectivity index (χ2v) is 12.7. The number of tetrazole rings is 1. The molecule has 1 aromatic heterocycles. The van der Waals surface area contributed by atoms with Crippen LogP contribution >= 0.6 is 11.6 Å². The first-order valence-corrected chi connectivity index (χ1v) is 16.5. The number of nitrogens with zero attached hydrogens (tertiary/aromatic N) is 6. The first kappa shape index (κ1) is 35.3. The van der Waals surface area contributed by atoms with Crippen LogP contribution in [0, 0.1) is 17.2 Å². The normalized spacial score (nSPS) is 17.1. The Morgan fingerprint density at radius 3 is 2.44 bits per heavy atom. The lowest BCUT2D eigenvalue weighted by atomic mass is 9.99. The molecule has 6 rings (SSSR count). The molecule has 0 saturated carbocycles. The van der Waals surface area contributed by atoms with E-state index in [1.54, 1.807) is 53.4 Å². The number of fused-ring (bicyclic) bond motifs is 1. The molecule has 18 heteroatoms. The largest absolute Gasteiger partial charge is 0.478 e. The number of nitrogens with one attached hydrogen (secondary N) is 5. The van der Waals surface area contributed by atoms with Crippen molar-refractivity contribution < 1.29 is 29.1 Å². The van der Waals surface area contributed by atoms with Crippen molar-refractivity contribution in [1.82, 2.24) is 35.7 Å². The number of amides is 5. The Hall–Kier alpha value is -6.54. The summed E-state index contributed by atoms with van der Waals surface area (Å²) in [4.78, 5) is 67.4. The molecule has 1 fully saturated rings. The van der Waals surface area contributed by atoms with Gasteiger partial charge < -0.3 is 36.6 Å². The number of carboxylic acids is 1. The first-order valence-electron chi connectivity index (χ1n) is 16.1. The summed E-state index contributed by atoms with van der Waals surface area (Å²) in [5.74, 6) is -4.65. The minimum Gasteiger partial charge on any atom is -0.478 e. The number of benzene rings is 3. The molecule has 6 N–H and O–H groups in total. The third-order valence-corrected chi connectivity index (χ3v) is 9.00. The molecule has 17 nitrogen and oxygen atoms in total. The van der Waals surface area contributed by atoms with Crippen molar-refractivity contribution in [2.75, 3.05) is 29.0 Å². The Balaban J connectivity index is 1.19. The highest BCUT2D eigenvalue weighted by Gasteiger charge is 2.46. The highest BCUT2D eigenvalue weighted by atomic mass is 35.5. The molecule has 4 aromatic rings. The average Bonchev–Trinajstić information content (AvgIpc) is 3.81. The fourth-order valence-electron chi connectivity index (χ4n) is 5.98. The van der Waals surface area contributed by atoms with Gasteiger partial charge in [0.05, 0.1) is 17.4 Å². The summed E-state index contributed by atoms with van der Waals surface area (Å²) in [6.07, 6.45) is 2.24. The first-order chi connectivity index (χ1) is 25.0. The van der Waals surface area contributed by atoms with Crippen LogP contribution in [0.5, 0.6) is 0 Å². The monoisotopic (exact) mass is 725 g/mol. The number of hydrogen-bond acceptors (Lipinski definition) is 10. The molecular weight excluding hydrogens is 694 g/mol. The summed E-state index contributed by atoms with van der Waals surface area (Å²) < 4.78 is 1.25. The van der Waals surface area contributed by atoms with Gasteiger partial charge in [0.2, 0.25) is 11.6 Å². The number of rotatable bonds is 9. The van der Waals surface area contributed by atoms with Crippen LogP contribution in [-0.2, 0) is 32.0 Å². The minimum absolute atomic E-state index is 0.0725. The minimum atomic E-state index is -1.93. The number of urea groups is 1. The van der Waals surface area contributed by atoms with Crippen LogP contribution in [0.2, 0.25) is 5.02 Å². The number of para-hydroxylation sites is 1. The summed E-state index contributed by atoms with van der Waals surface area (Å²) in [5.41, 5.74) is 0.664. The molecule has 0 aliphatic carbocycles. The van der Waals surface area contributed by atoms with Gasteiger partial charge in [-0.1, -0.05) is 41.9 Å². The van der Waals surface area contributed by atoms with Crippen LogP contribution in [0.4, 0.5) is 21.9 Å². The van der Waals surface area contributed by atoms with E-state index in [-0.39, 0.29) is 35.5 Å². The zero-order valence-corrected chi connectivity index (χ0v) is 28.1. The second kappa shape index (κ2) is 15.1. The maximum absolute atomic E-state index is 13.9. The lowest BCUT2D eigenvalue weighted by molar-refractivity contribution is -0.146. The molecule has 2 aliphatic heterocycles. The topological polar surface area (TPSA) is 236 Å². The third kappa shape index (κ3) is 7.92. The van der Waals surface area contributed by atoms with Crippen LogP contribution in [0.1, 0.15) is 24.0 Å². The van der Waals surface area contributed by atoms with E-state index >= 15 is 0 Å². The molecule has 0 radical (unpaired) electrons. The Bertz CT molecular complexity index is 2020. The van der Waals surface area contributed by atoms with Crippen molar-refractivity contribution in [3.05, 3.63) is 89.2 Å². The average molecular weight is 726 g/mol. The summed E-state index contributed by atoms with van der Waals surface area (Å²) in [7, 11) is 0. The maximum Gasteiger partial charge on any atom is 0.350 e. The molecule has 0 spiro atoms. The molecule has 2 aliphatic rings. The maximum atomic E-state index is 13.9. The predicted molar refractivity (Wildman–Crippen MR) is 186 cm³/mol. The Kier molecular flexibility index (Phi) is 10.3. The van der Waals surface area contributed by atoms with Crippen molar-refractivity contribution in [2.45, 2.75) is 37.4 Å². The van der Waals surface area contributed by atoms with Gasteiger partial charge >= 0.3 is 23.8 Å². The van der Waals surface area contributed by atoms with Gasteiger partial charge in [-0.25, -0.2) is 9.59 Å². The van der Waals surface area contributed by atoms with Crippen molar-refractivity contribution in [3.63, 3.8) is 0 Å². The molecule has 266 valence electrons. The van der Waals surface area contributed by atoms with Crippen LogP contribution in [-0.4, -0.2) is 84.7 Å². The van der Waals surface area contributed by atoms with Crippen LogP contribution in [0.25, 0.3) is 5.69 Å². The van der Waals surface area contributed by atoms with E-state index in [9.17, 15) is 29.1 Å². The van der Waals surface area contributed by atoms with Crippen LogP contribution in [0.15, 0.2) is 73.1 Å². The van der Waals surface area contributed by atoms with Gasteiger partial charge in [-0.3, -0.25) is 14.4 Å². The van der Waals surface area contributed by atoms with Gasteiger partial charge in [0.25, 0.3) is 0 Å². The lowest BCUT2D eigenvalue weighted by Gasteiger charge is -2.29. The van der Waals surface area contributed by atoms with Gasteiger partial charge in [0.15, 0.2) is 0 Å². The van der Waals surface area contributed by atoms with E-state index in [0.717, 1.165) is 0 Å². The number of halogens is 1. The zero-order chi connectivity index (χ0) is 36.8. The smallest absolute Gasteiger partial charge is 0.350 e. The number of anilines is 3. The lowest BCUT2D eigenvalue weighted by Crippen LogP contribution is -2.63. The van der Waals surface area contributed by atoms with E-state index in [1.165, 1.54) is 29.2 Å². The van der Waals surface area contributed by atoms with E-state index in [2.05, 4.69) is 48.2 Å². The van der Waals surface area contributed by atoms with Crippen LogP contribution < -0.4 is 26.6 Å². The molecule has 2 unspecified atom stereocenters. The third-order valence-electron chi connectivity index (χ3n) is 8.76. The van der Waals surface area contributed by atoms with E-state index in [1.807, 2.05) is 0 Å². The van der Waals surface area contributed by atoms with Gasteiger partial charge in [0.1, 0.15) is 12.4 Å². The molecule has 0 bridgehead atoms. The molecule has 3 heterocycles. The van der Waals surface area contributed by atoms with Crippen molar-refractivity contribution in [1.29, 1.82) is 5.26 Å². The highest BCUT2D eigenvalue weighted by Crippen LogP contribution is 2.31. The summed E-state index contributed by atoms with van der Waals surface area (Å²) in [5, 5.41) is 43.7. The number of piperidine rings is 1. The second-order valence-electron chi connectivity index (χ2n) is 12.3. The number of aromatic nitrogens is 4. The molecule has 5 amide bonds. The predicted octanol–water partition coefficient (Wildman–Crippen LogP) is 2.31. The summed E-state index contributed by atoms with van der Waals surface area (Å²) >= 11 is 6.14. The van der Waals surface area contributed by atoms with Gasteiger partial charge in [-0.05, 0) is 70.8 Å². The fourth-order valence-corrected chi connectivity index (χ4v) is 6.15. The number of aliphatic carboxylic acids is 1. The van der Waals surface area contributed by atoms with Gasteiger partial charge in [-0.2, -0.15) is 9.94 Å². The molecule has 1 saturated heterocycles. The number of hydrogen-bond donors (Lipinski definition) is 6. The number of carbonyl (C=O) groups is 5. The van der Waals surface area contributed by atoms with Gasteiger partial charge in [0, 0.05) is 48.2 Å². The standard InChI is InChI=1S/C34H32ClN11O6/c35-23-7-10-28(46-19-37-43-44-46)26(16-23)39-30(48)31(49)40-27(29(47)42-34(32(50)51)17-22-3-1-2-4-25(22)41-34)15-20-5-8-24(9-6-20)38-33(52)45-13-11-21(18-36)12-14-45/h1-10,16,19,21,27,41H,11-15,17H2,(H,38,52)(H,39,48)(H,40,49)(H,42,47)(H,50,51). The SMILES string of the molecule is N#CC1CCN(C(=O)Nc2ccc(CC(NC(=O)C(=O)Nc3cc(Cl)ccc3-n3cnnn3)C(=O)NC3(C(=O)O)Cc4ccccc4N3)cc2)CC1. The molecule has 52 heavy (non-hydrogen) atoms. The molecule has 2 atom stereocenters. The molecule has 3 aromatic carbocycles. The number of carbonyl (C=O) groups excluding carboxylic acids is 4. The highest BCUT2D eigenvalue weighted by molar-refractivity contribution is 6.40. The number of carboxylic acid groups (broad SMARTS) is 1.